The molecule has 0 spiro atoms. The van der Waals surface area contributed by atoms with Crippen LogP contribution in [0.15, 0.2) is 0 Å². The average Bonchev–Trinajstić information content (AvgIpc) is 2.74. The molecule has 1 atom stereocenters. The average molecular weight is 242 g/mol. The van der Waals surface area contributed by atoms with Gasteiger partial charge in [-0.15, -0.1) is 0 Å². The van der Waals surface area contributed by atoms with Crippen molar-refractivity contribution in [1.29, 1.82) is 0 Å². The number of nitrogens with zero attached hydrogens (tertiary/aromatic N) is 1. The second kappa shape index (κ2) is 4.52. The van der Waals surface area contributed by atoms with Crippen molar-refractivity contribution in [2.75, 3.05) is 20.3 Å². The third-order valence-electron chi connectivity index (χ3n) is 3.74. The molecule has 0 aromatic carbocycles. The van der Waals surface area contributed by atoms with Crippen LogP contribution in [0.3, 0.4) is 0 Å². The maximum absolute atomic E-state index is 11.9. The quantitative estimate of drug-likeness (QED) is 0.752. The van der Waals surface area contributed by atoms with Gasteiger partial charge in [-0.3, -0.25) is 0 Å². The zero-order valence-corrected chi connectivity index (χ0v) is 9.94. The summed E-state index contributed by atoms with van der Waals surface area (Å²) >= 11 is 0. The molecule has 2 amide bonds. The van der Waals surface area contributed by atoms with Gasteiger partial charge in [0.25, 0.3) is 0 Å². The van der Waals surface area contributed by atoms with Gasteiger partial charge < -0.3 is 20.1 Å². The van der Waals surface area contributed by atoms with E-state index in [-0.39, 0.29) is 12.1 Å². The lowest BCUT2D eigenvalue weighted by Crippen LogP contribution is -2.62. The van der Waals surface area contributed by atoms with Crippen molar-refractivity contribution in [3.05, 3.63) is 0 Å². The summed E-state index contributed by atoms with van der Waals surface area (Å²) in [7, 11) is 1.68. The van der Waals surface area contributed by atoms with Gasteiger partial charge >= 0.3 is 12.0 Å². The summed E-state index contributed by atoms with van der Waals surface area (Å²) in [5, 5.41) is 11.8. The lowest BCUT2D eigenvalue weighted by Gasteiger charge is -2.39. The Morgan fingerprint density at radius 3 is 2.59 bits per heavy atom. The highest BCUT2D eigenvalue weighted by Gasteiger charge is 2.46. The first-order chi connectivity index (χ1) is 8.05. The molecule has 6 heteroatoms. The molecule has 2 rings (SSSR count). The van der Waals surface area contributed by atoms with Crippen molar-refractivity contribution < 1.29 is 19.4 Å². The molecule has 2 N–H and O–H groups in total. The second-order valence-electron chi connectivity index (χ2n) is 4.80. The van der Waals surface area contributed by atoms with Gasteiger partial charge in [-0.25, -0.2) is 9.59 Å². The Morgan fingerprint density at radius 2 is 2.18 bits per heavy atom. The molecular formula is C11H18N2O4. The highest BCUT2D eigenvalue weighted by molar-refractivity contribution is 5.87. The summed E-state index contributed by atoms with van der Waals surface area (Å²) in [6, 6.07) is -0.261. The van der Waals surface area contributed by atoms with E-state index < -0.39 is 11.5 Å². The Bertz CT molecular complexity index is 321. The molecule has 0 radical (unpaired) electrons. The first-order valence-electron chi connectivity index (χ1n) is 5.91. The van der Waals surface area contributed by atoms with Crippen LogP contribution >= 0.6 is 0 Å². The van der Waals surface area contributed by atoms with Gasteiger partial charge in [0.2, 0.25) is 0 Å². The van der Waals surface area contributed by atoms with Gasteiger partial charge in [0.1, 0.15) is 5.54 Å². The molecule has 1 aliphatic carbocycles. The zero-order valence-electron chi connectivity index (χ0n) is 9.94. The fraction of sp³-hybridized carbons (Fsp3) is 0.818. The minimum absolute atomic E-state index is 0.0564. The lowest BCUT2D eigenvalue weighted by molar-refractivity contribution is -0.148. The minimum atomic E-state index is -1.04. The topological polar surface area (TPSA) is 78.9 Å². The van der Waals surface area contributed by atoms with Crippen LogP contribution < -0.4 is 5.32 Å². The van der Waals surface area contributed by atoms with E-state index in [1.807, 2.05) is 0 Å². The third kappa shape index (κ3) is 2.22. The number of hydrogen-bond donors (Lipinski definition) is 2. The van der Waals surface area contributed by atoms with Crippen LogP contribution in [0.2, 0.25) is 0 Å². The predicted molar refractivity (Wildman–Crippen MR) is 59.7 cm³/mol. The molecule has 1 aliphatic heterocycles. The number of urea groups is 1. The molecule has 1 heterocycles. The van der Waals surface area contributed by atoms with Crippen molar-refractivity contribution in [3.8, 4) is 0 Å². The monoisotopic (exact) mass is 242 g/mol. The molecule has 2 fully saturated rings. The van der Waals surface area contributed by atoms with Crippen LogP contribution in [0.1, 0.15) is 25.7 Å². The molecular weight excluding hydrogens is 224 g/mol. The molecule has 1 saturated heterocycles. The summed E-state index contributed by atoms with van der Waals surface area (Å²) in [5.74, 6) is -0.937. The number of amides is 2. The van der Waals surface area contributed by atoms with Crippen LogP contribution in [-0.2, 0) is 9.53 Å². The Kier molecular flexibility index (Phi) is 3.24. The number of ether oxygens (including phenoxy) is 1. The highest BCUT2D eigenvalue weighted by atomic mass is 16.5. The van der Waals surface area contributed by atoms with Gasteiger partial charge in [-0.1, -0.05) is 0 Å². The summed E-state index contributed by atoms with van der Waals surface area (Å²) in [4.78, 5) is 24.6. The summed E-state index contributed by atoms with van der Waals surface area (Å²) in [5.41, 5.74) is -1.04. The Balaban J connectivity index is 1.93. The van der Waals surface area contributed by atoms with E-state index in [0.29, 0.717) is 26.1 Å². The molecule has 17 heavy (non-hydrogen) atoms. The first-order valence-corrected chi connectivity index (χ1v) is 5.91. The Labute approximate surface area is 99.9 Å². The highest BCUT2D eigenvalue weighted by Crippen LogP contribution is 2.32. The van der Waals surface area contributed by atoms with Crippen LogP contribution in [-0.4, -0.2) is 53.8 Å². The predicted octanol–water partition coefficient (Wildman–Crippen LogP) is 0.424. The smallest absolute Gasteiger partial charge is 0.329 e. The van der Waals surface area contributed by atoms with E-state index in [2.05, 4.69) is 5.32 Å². The van der Waals surface area contributed by atoms with Gasteiger partial charge in [-0.05, 0) is 25.7 Å². The minimum Gasteiger partial charge on any atom is -0.480 e. The number of carbonyl (C=O) groups excluding carboxylic acids is 1. The van der Waals surface area contributed by atoms with Crippen LogP contribution in [0.4, 0.5) is 4.79 Å². The van der Waals surface area contributed by atoms with E-state index in [9.17, 15) is 9.59 Å². The summed E-state index contributed by atoms with van der Waals surface area (Å²) in [6.45, 7) is 1.19. The number of nitrogens with one attached hydrogen (secondary N) is 1. The molecule has 1 saturated carbocycles. The van der Waals surface area contributed by atoms with Gasteiger partial charge in [0.05, 0.1) is 12.6 Å². The number of carboxylic acids is 1. The van der Waals surface area contributed by atoms with E-state index in [0.717, 1.165) is 12.8 Å². The number of hydrogen-bond acceptors (Lipinski definition) is 3. The van der Waals surface area contributed by atoms with E-state index in [4.69, 9.17) is 9.84 Å². The summed E-state index contributed by atoms with van der Waals surface area (Å²) < 4.78 is 5.21. The van der Waals surface area contributed by atoms with Crippen molar-refractivity contribution in [2.24, 2.45) is 0 Å². The Hall–Kier alpha value is -1.30. The largest absolute Gasteiger partial charge is 0.480 e. The third-order valence-corrected chi connectivity index (χ3v) is 3.74. The van der Waals surface area contributed by atoms with Crippen LogP contribution in [0.25, 0.3) is 0 Å². The van der Waals surface area contributed by atoms with Crippen molar-refractivity contribution in [1.82, 2.24) is 10.2 Å². The maximum Gasteiger partial charge on any atom is 0.329 e. The molecule has 1 unspecified atom stereocenters. The van der Waals surface area contributed by atoms with Gasteiger partial charge in [-0.2, -0.15) is 0 Å². The Morgan fingerprint density at radius 1 is 1.47 bits per heavy atom. The molecule has 6 nitrogen and oxygen atoms in total. The molecule has 0 aromatic heterocycles. The molecule has 96 valence electrons. The molecule has 0 bridgehead atoms. The fourth-order valence-electron chi connectivity index (χ4n) is 2.21. The van der Waals surface area contributed by atoms with Crippen LogP contribution in [0.5, 0.6) is 0 Å². The van der Waals surface area contributed by atoms with Crippen molar-refractivity contribution in [3.63, 3.8) is 0 Å². The first kappa shape index (κ1) is 12.2. The standard InChI is InChI=1S/C11H18N2O4/c1-13(8-3-6-17-7-8)10(16)12-11(9(14)15)4-2-5-11/h8H,2-7H2,1H3,(H,12,16)(H,14,15). The van der Waals surface area contributed by atoms with E-state index >= 15 is 0 Å². The number of rotatable bonds is 3. The van der Waals surface area contributed by atoms with Crippen molar-refractivity contribution >= 4 is 12.0 Å². The summed E-state index contributed by atoms with van der Waals surface area (Å²) in [6.07, 6.45) is 2.69. The molecule has 2 aliphatic rings. The zero-order chi connectivity index (χ0) is 12.5. The van der Waals surface area contributed by atoms with Gasteiger partial charge in [0.15, 0.2) is 0 Å². The van der Waals surface area contributed by atoms with Gasteiger partial charge in [0, 0.05) is 13.7 Å². The SMILES string of the molecule is CN(C(=O)NC1(C(=O)O)CCC1)C1CCOC1. The maximum atomic E-state index is 11.9. The van der Waals surface area contributed by atoms with Crippen LogP contribution in [0, 0.1) is 0 Å². The van der Waals surface area contributed by atoms with Crippen molar-refractivity contribution in [2.45, 2.75) is 37.3 Å². The fourth-order valence-corrected chi connectivity index (χ4v) is 2.21. The number of carboxylic acid groups (broad SMARTS) is 1. The van der Waals surface area contributed by atoms with E-state index in [1.54, 1.807) is 11.9 Å². The van der Waals surface area contributed by atoms with E-state index in [1.165, 1.54) is 0 Å². The number of aliphatic carboxylic acids is 1. The lowest BCUT2D eigenvalue weighted by atomic mass is 9.77. The second-order valence-corrected chi connectivity index (χ2v) is 4.80. The number of carbonyl (C=O) groups is 2. The normalized spacial score (nSPS) is 26.1. The molecule has 0 aromatic rings. The number of likely N-dealkylation sites (N-methyl/N-ethyl adjacent to an activating group) is 1.